The van der Waals surface area contributed by atoms with E-state index in [1.165, 1.54) is 12.1 Å². The Bertz CT molecular complexity index is 545. The molecule has 0 fully saturated rings. The molecule has 2 aromatic carbocycles. The normalized spacial score (nSPS) is 11.9. The first-order chi connectivity index (χ1) is 9.22. The molecule has 19 heavy (non-hydrogen) atoms. The fraction of sp³-hybridized carbons (Fsp3) is 0.200. The van der Waals surface area contributed by atoms with Gasteiger partial charge in [0.15, 0.2) is 0 Å². The molecule has 1 unspecified atom stereocenters. The molecular weight excluding hydrogens is 245 g/mol. The molecule has 2 N–H and O–H groups in total. The summed E-state index contributed by atoms with van der Waals surface area (Å²) in [5.74, 6) is 0.407. The molecule has 0 amide bonds. The zero-order valence-corrected chi connectivity index (χ0v) is 10.6. The first-order valence-corrected chi connectivity index (χ1v) is 6.00. The van der Waals surface area contributed by atoms with Crippen LogP contribution in [0.5, 0.6) is 5.75 Å². The zero-order chi connectivity index (χ0) is 13.7. The summed E-state index contributed by atoms with van der Waals surface area (Å²) in [5.41, 5.74) is 1.51. The van der Waals surface area contributed by atoms with E-state index in [-0.39, 0.29) is 18.5 Å². The number of aliphatic hydroxyl groups is 1. The fourth-order valence-corrected chi connectivity index (χ4v) is 1.87. The Kier molecular flexibility index (Phi) is 4.36. The summed E-state index contributed by atoms with van der Waals surface area (Å²) in [6, 6.07) is 13.3. The second kappa shape index (κ2) is 6.20. The number of hydrogen-bond donors (Lipinski definition) is 2. The van der Waals surface area contributed by atoms with Crippen LogP contribution >= 0.6 is 0 Å². The number of nitrogens with one attached hydrogen (secondary N) is 1. The van der Waals surface area contributed by atoms with Crippen LogP contribution in [0.15, 0.2) is 48.5 Å². The van der Waals surface area contributed by atoms with Crippen molar-refractivity contribution in [2.24, 2.45) is 0 Å². The van der Waals surface area contributed by atoms with Crippen molar-refractivity contribution < 1.29 is 14.2 Å². The molecule has 0 saturated heterocycles. The lowest BCUT2D eigenvalue weighted by atomic mass is 10.1. The number of ether oxygens (including phenoxy) is 1. The molecule has 0 radical (unpaired) electrons. The van der Waals surface area contributed by atoms with Gasteiger partial charge in [-0.1, -0.05) is 18.2 Å². The van der Waals surface area contributed by atoms with Gasteiger partial charge < -0.3 is 15.2 Å². The van der Waals surface area contributed by atoms with Crippen molar-refractivity contribution in [3.05, 3.63) is 59.9 Å². The number of halogens is 1. The minimum absolute atomic E-state index is 0.0936. The predicted octanol–water partition coefficient (Wildman–Crippen LogP) is 2.98. The van der Waals surface area contributed by atoms with E-state index in [0.29, 0.717) is 5.69 Å². The highest BCUT2D eigenvalue weighted by atomic mass is 19.1. The SMILES string of the molecule is COc1cccc(C(CO)Nc2cccc(F)c2)c1. The van der Waals surface area contributed by atoms with Crippen LogP contribution in [0.1, 0.15) is 11.6 Å². The van der Waals surface area contributed by atoms with Crippen LogP contribution < -0.4 is 10.1 Å². The average molecular weight is 261 g/mol. The van der Waals surface area contributed by atoms with Crippen molar-refractivity contribution in [2.75, 3.05) is 19.0 Å². The average Bonchev–Trinajstić information content (AvgIpc) is 2.45. The fourth-order valence-electron chi connectivity index (χ4n) is 1.87. The molecule has 0 heterocycles. The summed E-state index contributed by atoms with van der Waals surface area (Å²) in [5, 5.41) is 12.6. The van der Waals surface area contributed by atoms with Crippen LogP contribution in [0, 0.1) is 5.82 Å². The minimum atomic E-state index is -0.313. The van der Waals surface area contributed by atoms with Crippen LogP contribution in [-0.2, 0) is 0 Å². The van der Waals surface area contributed by atoms with Gasteiger partial charge in [0.1, 0.15) is 11.6 Å². The molecule has 2 aromatic rings. The van der Waals surface area contributed by atoms with Gasteiger partial charge in [0.2, 0.25) is 0 Å². The monoisotopic (exact) mass is 261 g/mol. The molecule has 4 heteroatoms. The second-order valence-electron chi connectivity index (χ2n) is 4.17. The third kappa shape index (κ3) is 3.45. The molecule has 3 nitrogen and oxygen atoms in total. The Morgan fingerprint density at radius 2 is 2.00 bits per heavy atom. The van der Waals surface area contributed by atoms with Gasteiger partial charge in [-0.05, 0) is 35.9 Å². The molecule has 0 aliphatic heterocycles. The van der Waals surface area contributed by atoms with Gasteiger partial charge in [-0.3, -0.25) is 0 Å². The quantitative estimate of drug-likeness (QED) is 0.869. The van der Waals surface area contributed by atoms with Gasteiger partial charge >= 0.3 is 0 Å². The number of benzene rings is 2. The van der Waals surface area contributed by atoms with Gasteiger partial charge in [-0.2, -0.15) is 0 Å². The number of aliphatic hydroxyl groups excluding tert-OH is 1. The van der Waals surface area contributed by atoms with Crippen molar-refractivity contribution in [3.63, 3.8) is 0 Å². The molecule has 0 aliphatic carbocycles. The summed E-state index contributed by atoms with van der Waals surface area (Å²) in [6.45, 7) is -0.0936. The van der Waals surface area contributed by atoms with Crippen LogP contribution in [-0.4, -0.2) is 18.8 Å². The lowest BCUT2D eigenvalue weighted by molar-refractivity contribution is 0.276. The molecular formula is C15H16FNO2. The van der Waals surface area contributed by atoms with E-state index in [4.69, 9.17) is 4.74 Å². The Morgan fingerprint density at radius 3 is 2.68 bits per heavy atom. The summed E-state index contributed by atoms with van der Waals surface area (Å²) in [6.07, 6.45) is 0. The molecule has 100 valence electrons. The highest BCUT2D eigenvalue weighted by Crippen LogP contribution is 2.23. The van der Waals surface area contributed by atoms with Crippen LogP contribution in [0.4, 0.5) is 10.1 Å². The molecule has 0 bridgehead atoms. The van der Waals surface area contributed by atoms with E-state index in [2.05, 4.69) is 5.32 Å². The summed E-state index contributed by atoms with van der Waals surface area (Å²) < 4.78 is 18.3. The standard InChI is InChI=1S/C15H16FNO2/c1-19-14-7-2-4-11(8-14)15(10-18)17-13-6-3-5-12(16)9-13/h2-9,15,17-18H,10H2,1H3. The van der Waals surface area contributed by atoms with Crippen LogP contribution in [0.25, 0.3) is 0 Å². The van der Waals surface area contributed by atoms with Gasteiger partial charge in [-0.25, -0.2) is 4.39 Å². The van der Waals surface area contributed by atoms with Gasteiger partial charge in [0, 0.05) is 5.69 Å². The molecule has 1 atom stereocenters. The van der Waals surface area contributed by atoms with E-state index in [0.717, 1.165) is 11.3 Å². The third-order valence-electron chi connectivity index (χ3n) is 2.84. The smallest absolute Gasteiger partial charge is 0.125 e. The van der Waals surface area contributed by atoms with Crippen LogP contribution in [0.3, 0.4) is 0 Å². The summed E-state index contributed by atoms with van der Waals surface area (Å²) in [7, 11) is 1.59. The highest BCUT2D eigenvalue weighted by Gasteiger charge is 2.11. The molecule has 0 aromatic heterocycles. The Labute approximate surface area is 111 Å². The lowest BCUT2D eigenvalue weighted by Crippen LogP contribution is -2.14. The van der Waals surface area contributed by atoms with E-state index in [1.807, 2.05) is 24.3 Å². The largest absolute Gasteiger partial charge is 0.497 e. The van der Waals surface area contributed by atoms with Crippen molar-refractivity contribution in [1.29, 1.82) is 0 Å². The molecule has 0 saturated carbocycles. The highest BCUT2D eigenvalue weighted by molar-refractivity contribution is 5.46. The predicted molar refractivity (Wildman–Crippen MR) is 72.8 cm³/mol. The molecule has 0 spiro atoms. The first-order valence-electron chi connectivity index (χ1n) is 6.00. The first kappa shape index (κ1) is 13.4. The minimum Gasteiger partial charge on any atom is -0.497 e. The topological polar surface area (TPSA) is 41.5 Å². The second-order valence-corrected chi connectivity index (χ2v) is 4.17. The van der Waals surface area contributed by atoms with Crippen molar-refractivity contribution >= 4 is 5.69 Å². The van der Waals surface area contributed by atoms with Crippen molar-refractivity contribution in [2.45, 2.75) is 6.04 Å². The van der Waals surface area contributed by atoms with Gasteiger partial charge in [0.05, 0.1) is 19.8 Å². The maximum Gasteiger partial charge on any atom is 0.125 e. The van der Waals surface area contributed by atoms with Crippen LogP contribution in [0.2, 0.25) is 0 Å². The maximum atomic E-state index is 13.1. The Hall–Kier alpha value is -2.07. The zero-order valence-electron chi connectivity index (χ0n) is 10.6. The number of anilines is 1. The molecule has 2 rings (SSSR count). The van der Waals surface area contributed by atoms with Gasteiger partial charge in [-0.15, -0.1) is 0 Å². The Morgan fingerprint density at radius 1 is 1.21 bits per heavy atom. The number of rotatable bonds is 5. The van der Waals surface area contributed by atoms with Crippen molar-refractivity contribution in [3.8, 4) is 5.75 Å². The lowest BCUT2D eigenvalue weighted by Gasteiger charge is -2.18. The van der Waals surface area contributed by atoms with E-state index >= 15 is 0 Å². The maximum absolute atomic E-state index is 13.1. The summed E-state index contributed by atoms with van der Waals surface area (Å²) >= 11 is 0. The Balaban J connectivity index is 2.19. The molecule has 0 aliphatic rings. The van der Waals surface area contributed by atoms with Crippen molar-refractivity contribution in [1.82, 2.24) is 0 Å². The third-order valence-corrected chi connectivity index (χ3v) is 2.84. The van der Waals surface area contributed by atoms with E-state index in [1.54, 1.807) is 19.2 Å². The summed E-state index contributed by atoms with van der Waals surface area (Å²) in [4.78, 5) is 0. The van der Waals surface area contributed by atoms with E-state index < -0.39 is 0 Å². The van der Waals surface area contributed by atoms with Gasteiger partial charge in [0.25, 0.3) is 0 Å². The number of hydrogen-bond acceptors (Lipinski definition) is 3. The van der Waals surface area contributed by atoms with E-state index in [9.17, 15) is 9.50 Å². The number of methoxy groups -OCH3 is 1.